The number of anilines is 10. The predicted octanol–water partition coefficient (Wildman–Crippen LogP) is 10.7. The fourth-order valence-corrected chi connectivity index (χ4v) is 8.39. The smallest absolute Gasteiger partial charge is 0.233 e. The molecule has 0 aliphatic heterocycles. The molecule has 0 fully saturated rings. The third-order valence-corrected chi connectivity index (χ3v) is 10.3. The van der Waals surface area contributed by atoms with E-state index >= 15 is 0 Å². The molecule has 282 valence electrons. The summed E-state index contributed by atoms with van der Waals surface area (Å²) in [6.45, 7) is 5.17. The number of aryl methyl sites for hydroxylation is 2. The summed E-state index contributed by atoms with van der Waals surface area (Å²) in [5.41, 5.74) is 6.27. The molecule has 4 aromatic carbocycles. The molecule has 2 heterocycles. The van der Waals surface area contributed by atoms with Crippen molar-refractivity contribution in [3.8, 4) is 12.1 Å². The Morgan fingerprint density at radius 2 is 0.768 bits per heavy atom. The maximum absolute atomic E-state index is 9.19. The molecule has 56 heavy (non-hydrogen) atoms. The molecule has 0 bridgehead atoms. The van der Waals surface area contributed by atoms with Crippen LogP contribution in [0.5, 0.6) is 0 Å². The molecular weight excluding hydrogens is 972 g/mol. The predicted molar refractivity (Wildman–Crippen MR) is 234 cm³/mol. The number of hydrogen-bond acceptors (Lipinski definition) is 14. The van der Waals surface area contributed by atoms with Crippen LogP contribution in [0, 0.1) is 36.5 Å². The molecule has 0 saturated heterocycles. The summed E-state index contributed by atoms with van der Waals surface area (Å²) in [5.74, 6) is 2.08. The van der Waals surface area contributed by atoms with E-state index in [4.69, 9.17) is 0 Å². The van der Waals surface area contributed by atoms with Crippen molar-refractivity contribution < 1.29 is 0 Å². The molecule has 2 aromatic heterocycles. The summed E-state index contributed by atoms with van der Waals surface area (Å²) in [6, 6.07) is 26.3. The van der Waals surface area contributed by atoms with Crippen LogP contribution in [0.4, 0.5) is 58.4 Å². The molecule has 0 unspecified atom stereocenters. The highest BCUT2D eigenvalue weighted by Gasteiger charge is 2.14. The first kappa shape index (κ1) is 40.3. The lowest BCUT2D eigenvalue weighted by Crippen LogP contribution is -2.13. The minimum Gasteiger partial charge on any atom is -0.354 e. The minimum absolute atomic E-state index is 0.324. The first-order chi connectivity index (χ1) is 27.0. The highest BCUT2D eigenvalue weighted by atomic mass is 79.9. The highest BCUT2D eigenvalue weighted by molar-refractivity contribution is 9.11. The minimum atomic E-state index is 0.324. The second-order valence-corrected chi connectivity index (χ2v) is 15.7. The number of nitrogens with one attached hydrogen (secondary N) is 6. The summed E-state index contributed by atoms with van der Waals surface area (Å²) < 4.78 is 3.40. The van der Waals surface area contributed by atoms with E-state index in [9.17, 15) is 10.5 Å². The zero-order valence-corrected chi connectivity index (χ0v) is 36.2. The Morgan fingerprint density at radius 3 is 1.09 bits per heavy atom. The molecule has 0 atom stereocenters. The molecule has 6 rings (SSSR count). The van der Waals surface area contributed by atoms with Crippen molar-refractivity contribution in [2.24, 2.45) is 0 Å². The fourth-order valence-electron chi connectivity index (χ4n) is 5.16. The van der Waals surface area contributed by atoms with Gasteiger partial charge in [-0.25, -0.2) is 0 Å². The maximum Gasteiger partial charge on any atom is 0.233 e. The second kappa shape index (κ2) is 19.0. The Kier molecular flexibility index (Phi) is 13.6. The lowest BCUT2D eigenvalue weighted by molar-refractivity contribution is 0.784. The number of benzene rings is 4. The average molecular weight is 1000 g/mol. The second-order valence-electron chi connectivity index (χ2n) is 12.3. The first-order valence-corrected chi connectivity index (χ1v) is 20.2. The SMILES string of the molecule is Cc1cc(Br)c(Nc2nc(NCCCCNc3nc(Nc4ccc(C#N)cc4)nc(Nc4c(Br)cc(C)cc4Br)n3)nc(Nc3ccc(C#N)cc3)n2)c(Br)c1. The topological polar surface area (TPSA) is 197 Å². The fraction of sp³-hybridized carbons (Fsp3) is 0.158. The Balaban J connectivity index is 1.12. The molecule has 0 aliphatic carbocycles. The number of unbranched alkanes of at least 4 members (excludes halogenated alkanes) is 1. The van der Waals surface area contributed by atoms with Crippen molar-refractivity contribution in [1.82, 2.24) is 29.9 Å². The first-order valence-electron chi connectivity index (χ1n) is 17.0. The summed E-state index contributed by atoms with van der Waals surface area (Å²) in [5, 5.41) is 38.0. The van der Waals surface area contributed by atoms with Gasteiger partial charge in [-0.3, -0.25) is 0 Å². The monoisotopic (exact) mass is 1000 g/mol. The van der Waals surface area contributed by atoms with Gasteiger partial charge in [-0.2, -0.15) is 40.4 Å². The van der Waals surface area contributed by atoms with Crippen LogP contribution in [0.3, 0.4) is 0 Å². The highest BCUT2D eigenvalue weighted by Crippen LogP contribution is 2.35. The van der Waals surface area contributed by atoms with Gasteiger partial charge in [0.15, 0.2) is 0 Å². The van der Waals surface area contributed by atoms with Crippen molar-refractivity contribution in [2.75, 3.05) is 45.0 Å². The Bertz CT molecular complexity index is 2210. The van der Waals surface area contributed by atoms with Gasteiger partial charge in [0.2, 0.25) is 35.7 Å². The van der Waals surface area contributed by atoms with Crippen LogP contribution in [0.2, 0.25) is 0 Å². The van der Waals surface area contributed by atoms with Gasteiger partial charge in [0.05, 0.1) is 34.6 Å². The van der Waals surface area contributed by atoms with E-state index in [2.05, 4.69) is 138 Å². The standard InChI is InChI=1S/C38H32Br4N14/c1-21-15-27(39)31(28(40)16-21)49-37-53-33(51-35(55-37)47-25-9-5-23(19-43)6-10-25)45-13-3-4-14-46-34-52-36(48-26-11-7-24(20-44)8-12-26)56-38(54-34)50-32-29(41)17-22(2)18-30(32)42/h5-12,15-18H,3-4,13-14H2,1-2H3,(H3,45,47,49,51,53,55)(H3,46,48,50,52,54,56). The number of rotatable bonds is 15. The van der Waals surface area contributed by atoms with Gasteiger partial charge in [-0.05, 0) is 174 Å². The number of hydrogen-bond donors (Lipinski definition) is 6. The molecule has 0 aliphatic rings. The third kappa shape index (κ3) is 11.1. The van der Waals surface area contributed by atoms with Gasteiger partial charge in [-0.15, -0.1) is 0 Å². The normalized spacial score (nSPS) is 10.6. The summed E-state index contributed by atoms with van der Waals surface area (Å²) >= 11 is 14.5. The van der Waals surface area contributed by atoms with E-state index in [0.717, 1.165) is 64.6 Å². The Labute approximate surface area is 357 Å². The van der Waals surface area contributed by atoms with Gasteiger partial charge in [0, 0.05) is 42.4 Å². The van der Waals surface area contributed by atoms with E-state index < -0.39 is 0 Å². The van der Waals surface area contributed by atoms with Crippen LogP contribution in [-0.2, 0) is 0 Å². The third-order valence-electron chi connectivity index (χ3n) is 7.83. The molecule has 0 spiro atoms. The number of aromatic nitrogens is 6. The van der Waals surface area contributed by atoms with Gasteiger partial charge in [-0.1, -0.05) is 0 Å². The van der Waals surface area contributed by atoms with E-state index in [1.807, 2.05) is 38.1 Å². The van der Waals surface area contributed by atoms with Crippen LogP contribution in [0.15, 0.2) is 90.7 Å². The molecule has 0 amide bonds. The van der Waals surface area contributed by atoms with Crippen LogP contribution >= 0.6 is 63.7 Å². The van der Waals surface area contributed by atoms with Crippen molar-refractivity contribution in [2.45, 2.75) is 26.7 Å². The lowest BCUT2D eigenvalue weighted by Gasteiger charge is -2.14. The van der Waals surface area contributed by atoms with Crippen LogP contribution < -0.4 is 31.9 Å². The van der Waals surface area contributed by atoms with E-state index in [0.29, 0.717) is 59.9 Å². The number of nitrogens with zero attached hydrogens (tertiary/aromatic N) is 8. The van der Waals surface area contributed by atoms with E-state index in [1.165, 1.54) is 0 Å². The van der Waals surface area contributed by atoms with Gasteiger partial charge < -0.3 is 31.9 Å². The summed E-state index contributed by atoms with van der Waals surface area (Å²) in [6.07, 6.45) is 1.54. The Hall–Kier alpha value is -5.40. The van der Waals surface area contributed by atoms with Gasteiger partial charge >= 0.3 is 0 Å². The maximum atomic E-state index is 9.19. The van der Waals surface area contributed by atoms with Crippen molar-refractivity contribution in [3.63, 3.8) is 0 Å². The molecule has 6 aromatic rings. The lowest BCUT2D eigenvalue weighted by atomic mass is 10.2. The van der Waals surface area contributed by atoms with Crippen molar-refractivity contribution >= 4 is 122 Å². The van der Waals surface area contributed by atoms with E-state index in [-0.39, 0.29) is 0 Å². The zero-order chi connectivity index (χ0) is 39.6. The molecule has 14 nitrogen and oxygen atoms in total. The van der Waals surface area contributed by atoms with Crippen LogP contribution in [0.25, 0.3) is 0 Å². The Morgan fingerprint density at radius 1 is 0.464 bits per heavy atom. The zero-order valence-electron chi connectivity index (χ0n) is 29.8. The number of halogens is 4. The summed E-state index contributed by atoms with van der Waals surface area (Å²) in [7, 11) is 0. The van der Waals surface area contributed by atoms with E-state index in [1.54, 1.807) is 48.5 Å². The van der Waals surface area contributed by atoms with Crippen LogP contribution in [0.1, 0.15) is 35.1 Å². The van der Waals surface area contributed by atoms with Crippen molar-refractivity contribution in [3.05, 3.63) is 113 Å². The molecular formula is C38H32Br4N14. The number of nitriles is 2. The molecule has 0 radical (unpaired) electrons. The van der Waals surface area contributed by atoms with Gasteiger partial charge in [0.1, 0.15) is 0 Å². The van der Waals surface area contributed by atoms with Gasteiger partial charge in [0.25, 0.3) is 0 Å². The quantitative estimate of drug-likeness (QED) is 0.0531. The molecule has 6 N–H and O–H groups in total. The van der Waals surface area contributed by atoms with Crippen molar-refractivity contribution in [1.29, 1.82) is 10.5 Å². The molecule has 18 heteroatoms. The largest absolute Gasteiger partial charge is 0.354 e. The molecule has 0 saturated carbocycles. The summed E-state index contributed by atoms with van der Waals surface area (Å²) in [4.78, 5) is 27.7. The average Bonchev–Trinajstić information content (AvgIpc) is 3.16. The van der Waals surface area contributed by atoms with Crippen LogP contribution in [-0.4, -0.2) is 43.0 Å².